The molecule has 0 saturated heterocycles. The Morgan fingerprint density at radius 1 is 0.897 bits per heavy atom. The number of hydrogen-bond donors (Lipinski definition) is 1. The number of halogens is 2. The zero-order valence-electron chi connectivity index (χ0n) is 15.9. The van der Waals surface area contributed by atoms with Crippen LogP contribution in [-0.4, -0.2) is 19.9 Å². The Morgan fingerprint density at radius 3 is 2.45 bits per heavy atom. The van der Waals surface area contributed by atoms with E-state index in [0.29, 0.717) is 17.1 Å². The van der Waals surface area contributed by atoms with Gasteiger partial charge >= 0.3 is 0 Å². The topological polar surface area (TPSA) is 63.7 Å². The third-order valence-electron chi connectivity index (χ3n) is 4.48. The van der Waals surface area contributed by atoms with Crippen LogP contribution < -0.4 is 4.74 Å². The van der Waals surface area contributed by atoms with Gasteiger partial charge in [-0.2, -0.15) is 4.39 Å². The minimum atomic E-state index is -0.535. The number of aromatic amines is 1. The van der Waals surface area contributed by atoms with Crippen molar-refractivity contribution in [1.82, 2.24) is 19.9 Å². The second-order valence-electron chi connectivity index (χ2n) is 6.73. The average Bonchev–Trinajstić information content (AvgIpc) is 3.19. The average molecular weight is 392 g/mol. The van der Waals surface area contributed by atoms with E-state index in [0.717, 1.165) is 22.4 Å². The van der Waals surface area contributed by atoms with Crippen molar-refractivity contribution in [2.45, 2.75) is 20.5 Å². The Bertz CT molecular complexity index is 1160. The van der Waals surface area contributed by atoms with Gasteiger partial charge in [0.2, 0.25) is 5.95 Å². The largest absolute Gasteiger partial charge is 0.487 e. The van der Waals surface area contributed by atoms with E-state index in [2.05, 4.69) is 19.9 Å². The normalized spacial score (nSPS) is 10.9. The molecule has 0 aliphatic carbocycles. The molecule has 3 heterocycles. The lowest BCUT2D eigenvalue weighted by atomic mass is 10.1. The summed E-state index contributed by atoms with van der Waals surface area (Å²) >= 11 is 0. The maximum absolute atomic E-state index is 13.9. The first-order chi connectivity index (χ1) is 14.0. The van der Waals surface area contributed by atoms with E-state index < -0.39 is 5.95 Å². The molecule has 0 aliphatic heterocycles. The van der Waals surface area contributed by atoms with Crippen LogP contribution in [0.15, 0.2) is 55.0 Å². The van der Waals surface area contributed by atoms with Crippen LogP contribution >= 0.6 is 0 Å². The monoisotopic (exact) mass is 392 g/mol. The second kappa shape index (κ2) is 7.79. The standard InChI is InChI=1S/C22H18F2N4O/c1-13-7-17(23)19(25-9-13)12-29-20-5-3-15(8-14(20)2)18-11-27-22(28-18)16-4-6-21(24)26-10-16/h3-11H,12H2,1-2H3,(H,27,28). The minimum absolute atomic E-state index is 0.0536. The smallest absolute Gasteiger partial charge is 0.212 e. The molecule has 7 heteroatoms. The molecule has 0 spiro atoms. The number of aryl methyl sites for hydroxylation is 2. The van der Waals surface area contributed by atoms with Crippen molar-refractivity contribution >= 4 is 0 Å². The van der Waals surface area contributed by atoms with Crippen LogP contribution in [0.1, 0.15) is 16.8 Å². The van der Waals surface area contributed by atoms with Crippen molar-refractivity contribution in [1.29, 1.82) is 0 Å². The summed E-state index contributed by atoms with van der Waals surface area (Å²) in [6, 6.07) is 10.0. The summed E-state index contributed by atoms with van der Waals surface area (Å²) in [5.74, 6) is 0.344. The number of benzene rings is 1. The highest BCUT2D eigenvalue weighted by Crippen LogP contribution is 2.27. The number of H-pyrrole nitrogens is 1. The van der Waals surface area contributed by atoms with Crippen molar-refractivity contribution < 1.29 is 13.5 Å². The summed E-state index contributed by atoms with van der Waals surface area (Å²) < 4.78 is 32.7. The molecule has 1 aromatic carbocycles. The molecular formula is C22H18F2N4O. The van der Waals surface area contributed by atoms with Gasteiger partial charge in [-0.3, -0.25) is 4.98 Å². The van der Waals surface area contributed by atoms with Gasteiger partial charge < -0.3 is 9.72 Å². The SMILES string of the molecule is Cc1cnc(COc2ccc(-c3cnc(-c4ccc(F)nc4)[nH]3)cc2C)c(F)c1. The van der Waals surface area contributed by atoms with Crippen molar-refractivity contribution in [2.75, 3.05) is 0 Å². The predicted molar refractivity (Wildman–Crippen MR) is 105 cm³/mol. The van der Waals surface area contributed by atoms with Crippen LogP contribution in [0.2, 0.25) is 0 Å². The van der Waals surface area contributed by atoms with E-state index in [1.807, 2.05) is 25.1 Å². The van der Waals surface area contributed by atoms with E-state index in [-0.39, 0.29) is 18.1 Å². The van der Waals surface area contributed by atoms with Gasteiger partial charge in [-0.15, -0.1) is 0 Å². The summed E-state index contributed by atoms with van der Waals surface area (Å²) in [4.78, 5) is 15.3. The Balaban J connectivity index is 1.50. The highest BCUT2D eigenvalue weighted by molar-refractivity contribution is 5.65. The van der Waals surface area contributed by atoms with Crippen LogP contribution in [0.25, 0.3) is 22.6 Å². The number of nitrogens with zero attached hydrogens (tertiary/aromatic N) is 3. The number of pyridine rings is 2. The Hall–Kier alpha value is -3.61. The third-order valence-corrected chi connectivity index (χ3v) is 4.48. The molecule has 0 fully saturated rings. The van der Waals surface area contributed by atoms with Gasteiger partial charge in [0.25, 0.3) is 0 Å². The lowest BCUT2D eigenvalue weighted by molar-refractivity contribution is 0.292. The van der Waals surface area contributed by atoms with Gasteiger partial charge in [0.1, 0.15) is 29.7 Å². The highest BCUT2D eigenvalue weighted by atomic mass is 19.1. The third kappa shape index (κ3) is 4.13. The molecule has 29 heavy (non-hydrogen) atoms. The number of ether oxygens (including phenoxy) is 1. The summed E-state index contributed by atoms with van der Waals surface area (Å²) in [5.41, 5.74) is 4.36. The van der Waals surface area contributed by atoms with E-state index in [1.165, 1.54) is 18.3 Å². The molecule has 0 aliphatic rings. The first-order valence-corrected chi connectivity index (χ1v) is 9.01. The van der Waals surface area contributed by atoms with Gasteiger partial charge in [0, 0.05) is 23.5 Å². The van der Waals surface area contributed by atoms with Crippen LogP contribution in [0, 0.1) is 25.6 Å². The molecular weight excluding hydrogens is 374 g/mol. The Labute approximate surface area is 166 Å². The first kappa shape index (κ1) is 18.7. The van der Waals surface area contributed by atoms with Gasteiger partial charge in [-0.25, -0.2) is 14.4 Å². The summed E-state index contributed by atoms with van der Waals surface area (Å²) in [6.45, 7) is 3.76. The molecule has 4 rings (SSSR count). The van der Waals surface area contributed by atoms with Crippen molar-refractivity contribution in [3.05, 3.63) is 83.6 Å². The van der Waals surface area contributed by atoms with Crippen LogP contribution in [0.4, 0.5) is 8.78 Å². The van der Waals surface area contributed by atoms with Gasteiger partial charge in [0.15, 0.2) is 0 Å². The van der Waals surface area contributed by atoms with Crippen LogP contribution in [-0.2, 0) is 6.61 Å². The zero-order chi connectivity index (χ0) is 20.4. The fourth-order valence-electron chi connectivity index (χ4n) is 2.92. The van der Waals surface area contributed by atoms with Crippen LogP contribution in [0.3, 0.4) is 0 Å². The molecule has 0 unspecified atom stereocenters. The first-order valence-electron chi connectivity index (χ1n) is 9.01. The molecule has 0 saturated carbocycles. The summed E-state index contributed by atoms with van der Waals surface area (Å²) in [7, 11) is 0. The molecule has 1 N–H and O–H groups in total. The predicted octanol–water partition coefficient (Wildman–Crippen LogP) is 5.01. The van der Waals surface area contributed by atoms with E-state index in [1.54, 1.807) is 25.4 Å². The molecule has 146 valence electrons. The molecule has 0 bridgehead atoms. The van der Waals surface area contributed by atoms with Crippen molar-refractivity contribution in [2.24, 2.45) is 0 Å². The molecule has 4 aromatic rings. The molecule has 0 radical (unpaired) electrons. The fourth-order valence-corrected chi connectivity index (χ4v) is 2.92. The number of nitrogens with one attached hydrogen (secondary N) is 1. The minimum Gasteiger partial charge on any atom is -0.487 e. The molecule has 0 amide bonds. The lowest BCUT2D eigenvalue weighted by Crippen LogP contribution is -2.03. The van der Waals surface area contributed by atoms with Crippen molar-refractivity contribution in [3.63, 3.8) is 0 Å². The van der Waals surface area contributed by atoms with Gasteiger partial charge in [-0.1, -0.05) is 0 Å². The number of hydrogen-bond acceptors (Lipinski definition) is 4. The summed E-state index contributed by atoms with van der Waals surface area (Å²) in [6.07, 6.45) is 4.75. The maximum Gasteiger partial charge on any atom is 0.212 e. The summed E-state index contributed by atoms with van der Waals surface area (Å²) in [5, 5.41) is 0. The number of rotatable bonds is 5. The van der Waals surface area contributed by atoms with Crippen molar-refractivity contribution in [3.8, 4) is 28.4 Å². The highest BCUT2D eigenvalue weighted by Gasteiger charge is 2.10. The Kier molecular flexibility index (Phi) is 5.03. The van der Waals surface area contributed by atoms with E-state index in [4.69, 9.17) is 4.74 Å². The fraction of sp³-hybridized carbons (Fsp3) is 0.136. The van der Waals surface area contributed by atoms with Crippen LogP contribution in [0.5, 0.6) is 5.75 Å². The second-order valence-corrected chi connectivity index (χ2v) is 6.73. The van der Waals surface area contributed by atoms with Gasteiger partial charge in [0.05, 0.1) is 11.9 Å². The van der Waals surface area contributed by atoms with E-state index >= 15 is 0 Å². The van der Waals surface area contributed by atoms with E-state index in [9.17, 15) is 8.78 Å². The van der Waals surface area contributed by atoms with Gasteiger partial charge in [-0.05, 0) is 61.4 Å². The molecule has 3 aromatic heterocycles. The lowest BCUT2D eigenvalue weighted by Gasteiger charge is -2.10. The maximum atomic E-state index is 13.9. The quantitative estimate of drug-likeness (QED) is 0.485. The zero-order valence-corrected chi connectivity index (χ0v) is 15.9. The number of imidazole rings is 1. The molecule has 5 nitrogen and oxygen atoms in total. The molecule has 0 atom stereocenters. The Morgan fingerprint density at radius 2 is 1.72 bits per heavy atom. The number of aromatic nitrogens is 4.